The van der Waals surface area contributed by atoms with Crippen molar-refractivity contribution < 1.29 is 26.0 Å². The zero-order chi connectivity index (χ0) is 25.2. The van der Waals surface area contributed by atoms with Crippen molar-refractivity contribution in [2.24, 2.45) is 0 Å². The van der Waals surface area contributed by atoms with E-state index in [2.05, 4.69) is 9.97 Å². The maximum Gasteiger partial charge on any atom is 0.416 e. The minimum atomic E-state index is -4.40. The van der Waals surface area contributed by atoms with Gasteiger partial charge in [0, 0.05) is 18.8 Å². The molecule has 0 aliphatic heterocycles. The third-order valence-corrected chi connectivity index (χ3v) is 7.10. The van der Waals surface area contributed by atoms with Crippen molar-refractivity contribution in [3.05, 3.63) is 83.1 Å². The third-order valence-electron chi connectivity index (χ3n) is 5.97. The van der Waals surface area contributed by atoms with Gasteiger partial charge in [-0.2, -0.15) is 13.2 Å². The van der Waals surface area contributed by atoms with Gasteiger partial charge >= 0.3 is 6.18 Å². The number of rotatable bonds is 9. The highest BCUT2D eigenvalue weighted by Gasteiger charge is 2.33. The molecule has 186 valence electrons. The van der Waals surface area contributed by atoms with E-state index in [1.54, 1.807) is 29.2 Å². The van der Waals surface area contributed by atoms with Crippen molar-refractivity contribution in [2.45, 2.75) is 55.8 Å². The lowest BCUT2D eigenvalue weighted by molar-refractivity contribution is -0.137. The molecule has 35 heavy (non-hydrogen) atoms. The molecule has 1 aliphatic carbocycles. The summed E-state index contributed by atoms with van der Waals surface area (Å²) in [6.45, 7) is 0.253. The maximum atomic E-state index is 15.4. The lowest BCUT2D eigenvalue weighted by atomic mass is 10.1. The molecule has 5 nitrogen and oxygen atoms in total. The monoisotopic (exact) mass is 507 g/mol. The van der Waals surface area contributed by atoms with E-state index in [-0.39, 0.29) is 29.0 Å². The minimum Gasteiger partial charge on any atom is -0.347 e. The first-order valence-corrected chi connectivity index (χ1v) is 13.1. The SMILES string of the molecule is CS(=O)(=O)c1ccc(CCCc2ncnc(N(Cc3ccc(C(F)(F)F)cc3)C3CC3)c2F)cc1. The van der Waals surface area contributed by atoms with Gasteiger partial charge in [0.15, 0.2) is 21.5 Å². The molecule has 3 aromatic rings. The first kappa shape index (κ1) is 25.1. The second kappa shape index (κ2) is 9.93. The third kappa shape index (κ3) is 6.36. The van der Waals surface area contributed by atoms with E-state index in [0.29, 0.717) is 24.8 Å². The standard InChI is InChI=1S/C25H25F4N3O2S/c1-35(33,34)21-13-7-17(8-14-21)3-2-4-22-23(26)24(31-16-30-22)32(20-11-12-20)15-18-5-9-19(10-6-18)25(27,28)29/h5-10,13-14,16,20H,2-4,11-12,15H2,1H3. The molecule has 0 unspecified atom stereocenters. The Hall–Kier alpha value is -3.01. The van der Waals surface area contributed by atoms with Crippen molar-refractivity contribution in [1.82, 2.24) is 9.97 Å². The quantitative estimate of drug-likeness (QED) is 0.364. The first-order valence-electron chi connectivity index (χ1n) is 11.2. The lowest BCUT2D eigenvalue weighted by Gasteiger charge is -2.24. The number of sulfone groups is 1. The summed E-state index contributed by atoms with van der Waals surface area (Å²) in [5.41, 5.74) is 1.14. The van der Waals surface area contributed by atoms with E-state index in [1.807, 2.05) is 0 Å². The molecule has 4 rings (SSSR count). The largest absolute Gasteiger partial charge is 0.416 e. The van der Waals surface area contributed by atoms with Crippen LogP contribution < -0.4 is 4.90 Å². The van der Waals surface area contributed by atoms with Crippen molar-refractivity contribution >= 4 is 15.7 Å². The molecular formula is C25H25F4N3O2S. The Morgan fingerprint density at radius 3 is 2.14 bits per heavy atom. The summed E-state index contributed by atoms with van der Waals surface area (Å²) in [6, 6.07) is 11.6. The number of hydrogen-bond donors (Lipinski definition) is 0. The van der Waals surface area contributed by atoms with Crippen LogP contribution >= 0.6 is 0 Å². The molecule has 0 spiro atoms. The van der Waals surface area contributed by atoms with Crippen LogP contribution in [0.5, 0.6) is 0 Å². The Kier molecular flexibility index (Phi) is 7.12. The Morgan fingerprint density at radius 1 is 0.943 bits per heavy atom. The number of alkyl halides is 3. The highest BCUT2D eigenvalue weighted by molar-refractivity contribution is 7.90. The molecule has 0 amide bonds. The molecular weight excluding hydrogens is 482 g/mol. The molecule has 0 saturated heterocycles. The van der Waals surface area contributed by atoms with Gasteiger partial charge in [0.2, 0.25) is 0 Å². The number of hydrogen-bond acceptors (Lipinski definition) is 5. The Morgan fingerprint density at radius 2 is 1.57 bits per heavy atom. The van der Waals surface area contributed by atoms with E-state index in [9.17, 15) is 21.6 Å². The van der Waals surface area contributed by atoms with Crippen LogP contribution in [0.4, 0.5) is 23.4 Å². The number of benzene rings is 2. The summed E-state index contributed by atoms with van der Waals surface area (Å²) >= 11 is 0. The molecule has 1 heterocycles. The average Bonchev–Trinajstić information content (AvgIpc) is 3.64. The predicted molar refractivity (Wildman–Crippen MR) is 124 cm³/mol. The van der Waals surface area contributed by atoms with Gasteiger partial charge in [0.1, 0.15) is 6.33 Å². The molecule has 0 N–H and O–H groups in total. The predicted octanol–water partition coefficient (Wildman–Crippen LogP) is 5.38. The van der Waals surface area contributed by atoms with Gasteiger partial charge in [-0.1, -0.05) is 24.3 Å². The fourth-order valence-corrected chi connectivity index (χ4v) is 4.52. The zero-order valence-corrected chi connectivity index (χ0v) is 19.9. The highest BCUT2D eigenvalue weighted by Crippen LogP contribution is 2.35. The molecule has 2 aromatic carbocycles. The summed E-state index contributed by atoms with van der Waals surface area (Å²) < 4.78 is 77.1. The first-order chi connectivity index (χ1) is 16.5. The summed E-state index contributed by atoms with van der Waals surface area (Å²) in [5, 5.41) is 0. The fraction of sp³-hybridized carbons (Fsp3) is 0.360. The van der Waals surface area contributed by atoms with Crippen LogP contribution in [0.25, 0.3) is 0 Å². The Labute approximate surface area is 201 Å². The summed E-state index contributed by atoms with van der Waals surface area (Å²) in [7, 11) is -3.26. The summed E-state index contributed by atoms with van der Waals surface area (Å²) in [4.78, 5) is 10.3. The highest BCUT2D eigenvalue weighted by atomic mass is 32.2. The number of aryl methyl sites for hydroxylation is 2. The lowest BCUT2D eigenvalue weighted by Crippen LogP contribution is -2.27. The molecule has 1 aromatic heterocycles. The van der Waals surface area contributed by atoms with E-state index < -0.39 is 27.4 Å². The second-order valence-electron chi connectivity index (χ2n) is 8.78. The number of anilines is 1. The number of halogens is 4. The van der Waals surface area contributed by atoms with Gasteiger partial charge in [0.25, 0.3) is 0 Å². The molecule has 1 saturated carbocycles. The van der Waals surface area contributed by atoms with Crippen LogP contribution in [-0.4, -0.2) is 30.7 Å². The Balaban J connectivity index is 1.44. The molecule has 0 atom stereocenters. The molecule has 1 aliphatic rings. The van der Waals surface area contributed by atoms with E-state index >= 15 is 4.39 Å². The second-order valence-corrected chi connectivity index (χ2v) is 10.8. The molecule has 10 heteroatoms. The van der Waals surface area contributed by atoms with Crippen LogP contribution in [0, 0.1) is 5.82 Å². The summed E-state index contributed by atoms with van der Waals surface area (Å²) in [6.07, 6.45) is 1.39. The van der Waals surface area contributed by atoms with Crippen LogP contribution in [0.3, 0.4) is 0 Å². The molecule has 1 fully saturated rings. The van der Waals surface area contributed by atoms with Gasteiger partial charge in [-0.25, -0.2) is 22.8 Å². The fourth-order valence-electron chi connectivity index (χ4n) is 3.89. The van der Waals surface area contributed by atoms with Crippen molar-refractivity contribution in [3.63, 3.8) is 0 Å². The van der Waals surface area contributed by atoms with Gasteiger partial charge in [-0.15, -0.1) is 0 Å². The average molecular weight is 508 g/mol. The van der Waals surface area contributed by atoms with Gasteiger partial charge in [-0.3, -0.25) is 0 Å². The normalized spacial score (nSPS) is 14.2. The van der Waals surface area contributed by atoms with Crippen LogP contribution in [0.2, 0.25) is 0 Å². The smallest absolute Gasteiger partial charge is 0.347 e. The van der Waals surface area contributed by atoms with Gasteiger partial charge in [-0.05, 0) is 67.5 Å². The van der Waals surface area contributed by atoms with E-state index in [4.69, 9.17) is 0 Å². The van der Waals surface area contributed by atoms with Gasteiger partial charge in [0.05, 0.1) is 16.2 Å². The Bertz CT molecular complexity index is 1270. The van der Waals surface area contributed by atoms with Crippen LogP contribution in [0.1, 0.15) is 41.6 Å². The summed E-state index contributed by atoms with van der Waals surface area (Å²) in [5.74, 6) is -0.353. The minimum absolute atomic E-state index is 0.0860. The maximum absolute atomic E-state index is 15.4. The van der Waals surface area contributed by atoms with Crippen molar-refractivity contribution in [3.8, 4) is 0 Å². The van der Waals surface area contributed by atoms with E-state index in [1.165, 1.54) is 18.5 Å². The molecule has 0 radical (unpaired) electrons. The topological polar surface area (TPSA) is 63.2 Å². The van der Waals surface area contributed by atoms with Crippen LogP contribution in [0.15, 0.2) is 59.8 Å². The number of aromatic nitrogens is 2. The zero-order valence-electron chi connectivity index (χ0n) is 19.1. The van der Waals surface area contributed by atoms with Crippen molar-refractivity contribution in [1.29, 1.82) is 0 Å². The van der Waals surface area contributed by atoms with Crippen LogP contribution in [-0.2, 0) is 35.4 Å². The number of nitrogens with zero attached hydrogens (tertiary/aromatic N) is 3. The van der Waals surface area contributed by atoms with E-state index in [0.717, 1.165) is 36.8 Å². The molecule has 0 bridgehead atoms. The van der Waals surface area contributed by atoms with Gasteiger partial charge < -0.3 is 4.90 Å². The van der Waals surface area contributed by atoms with Crippen molar-refractivity contribution in [2.75, 3.05) is 11.2 Å².